The van der Waals surface area contributed by atoms with Crippen LogP contribution in [-0.2, 0) is 6.54 Å². The quantitative estimate of drug-likeness (QED) is 0.426. The van der Waals surface area contributed by atoms with Crippen LogP contribution in [0.2, 0.25) is 0 Å². The number of carbonyl (C=O) groups is 1. The maximum atomic E-state index is 12.4. The molecule has 7 nitrogen and oxygen atoms in total. The molecule has 4 rings (SSSR count). The van der Waals surface area contributed by atoms with Crippen molar-refractivity contribution in [2.45, 2.75) is 6.54 Å². The van der Waals surface area contributed by atoms with Gasteiger partial charge in [0, 0.05) is 30.1 Å². The molecule has 7 heteroatoms. The maximum absolute atomic E-state index is 12.4. The first-order valence-corrected chi connectivity index (χ1v) is 9.40. The minimum absolute atomic E-state index is 0.206. The summed E-state index contributed by atoms with van der Waals surface area (Å²) in [7, 11) is 0. The van der Waals surface area contributed by atoms with E-state index in [2.05, 4.69) is 25.6 Å². The number of rotatable bonds is 6. The van der Waals surface area contributed by atoms with Gasteiger partial charge in [-0.05, 0) is 42.0 Å². The van der Waals surface area contributed by atoms with Crippen LogP contribution in [0.1, 0.15) is 15.9 Å². The molecule has 0 spiro atoms. The van der Waals surface area contributed by atoms with Gasteiger partial charge >= 0.3 is 0 Å². The summed E-state index contributed by atoms with van der Waals surface area (Å²) >= 11 is 0. The Balaban J connectivity index is 1.38. The molecule has 0 radical (unpaired) electrons. The van der Waals surface area contributed by atoms with Crippen molar-refractivity contribution in [3.8, 4) is 11.3 Å². The van der Waals surface area contributed by atoms with Crippen LogP contribution in [0.25, 0.3) is 11.3 Å². The van der Waals surface area contributed by atoms with Gasteiger partial charge in [0.15, 0.2) is 0 Å². The highest BCUT2D eigenvalue weighted by Crippen LogP contribution is 2.19. The predicted octanol–water partition coefficient (Wildman–Crippen LogP) is 3.99. The first kappa shape index (κ1) is 19.1. The fourth-order valence-corrected chi connectivity index (χ4v) is 2.88. The smallest absolute Gasteiger partial charge is 0.255 e. The number of hydrogen-bond acceptors (Lipinski definition) is 6. The van der Waals surface area contributed by atoms with Crippen molar-refractivity contribution >= 4 is 23.1 Å². The van der Waals surface area contributed by atoms with Gasteiger partial charge < -0.3 is 16.4 Å². The van der Waals surface area contributed by atoms with Crippen LogP contribution in [0.5, 0.6) is 0 Å². The Morgan fingerprint density at radius 2 is 1.73 bits per heavy atom. The molecule has 2 heterocycles. The molecule has 4 aromatic rings. The van der Waals surface area contributed by atoms with E-state index in [0.29, 0.717) is 29.3 Å². The minimum Gasteiger partial charge on any atom is -0.397 e. The van der Waals surface area contributed by atoms with E-state index in [1.54, 1.807) is 49.1 Å². The SMILES string of the molecule is Nc1ccccc1NC(=O)c1ccc(CNc2cncc(-c3cccnc3)n2)cc1. The number of benzene rings is 2. The average molecular weight is 396 g/mol. The van der Waals surface area contributed by atoms with Crippen LogP contribution in [0.4, 0.5) is 17.2 Å². The van der Waals surface area contributed by atoms with E-state index < -0.39 is 0 Å². The van der Waals surface area contributed by atoms with E-state index in [0.717, 1.165) is 16.8 Å². The first-order chi connectivity index (χ1) is 14.7. The number of nitrogens with zero attached hydrogens (tertiary/aromatic N) is 3. The Kier molecular flexibility index (Phi) is 5.61. The lowest BCUT2D eigenvalue weighted by Gasteiger charge is -2.09. The molecule has 0 atom stereocenters. The molecule has 1 amide bonds. The van der Waals surface area contributed by atoms with Crippen molar-refractivity contribution in [2.24, 2.45) is 0 Å². The number of aromatic nitrogens is 3. The van der Waals surface area contributed by atoms with Crippen molar-refractivity contribution < 1.29 is 4.79 Å². The molecule has 2 aromatic carbocycles. The Morgan fingerprint density at radius 1 is 0.900 bits per heavy atom. The van der Waals surface area contributed by atoms with Crippen molar-refractivity contribution in [1.82, 2.24) is 15.0 Å². The third-order valence-corrected chi connectivity index (χ3v) is 4.49. The Morgan fingerprint density at radius 3 is 2.50 bits per heavy atom. The van der Waals surface area contributed by atoms with E-state index in [9.17, 15) is 4.79 Å². The lowest BCUT2D eigenvalue weighted by Crippen LogP contribution is -2.13. The maximum Gasteiger partial charge on any atom is 0.255 e. The predicted molar refractivity (Wildman–Crippen MR) is 118 cm³/mol. The minimum atomic E-state index is -0.206. The summed E-state index contributed by atoms with van der Waals surface area (Å²) in [5.41, 5.74) is 10.2. The van der Waals surface area contributed by atoms with E-state index in [1.807, 2.05) is 36.4 Å². The third-order valence-electron chi connectivity index (χ3n) is 4.49. The number of hydrogen-bond donors (Lipinski definition) is 3. The van der Waals surface area contributed by atoms with E-state index in [4.69, 9.17) is 5.73 Å². The molecular weight excluding hydrogens is 376 g/mol. The lowest BCUT2D eigenvalue weighted by molar-refractivity contribution is 0.102. The summed E-state index contributed by atoms with van der Waals surface area (Å²) in [6.45, 7) is 0.554. The van der Waals surface area contributed by atoms with Gasteiger partial charge in [-0.25, -0.2) is 4.98 Å². The monoisotopic (exact) mass is 396 g/mol. The highest BCUT2D eigenvalue weighted by Gasteiger charge is 2.08. The second-order valence-electron chi connectivity index (χ2n) is 6.62. The van der Waals surface area contributed by atoms with Gasteiger partial charge in [0.05, 0.1) is 29.5 Å². The van der Waals surface area contributed by atoms with E-state index >= 15 is 0 Å². The van der Waals surface area contributed by atoms with Crippen molar-refractivity contribution in [2.75, 3.05) is 16.4 Å². The number of para-hydroxylation sites is 2. The molecule has 0 fully saturated rings. The highest BCUT2D eigenvalue weighted by molar-refractivity contribution is 6.05. The van der Waals surface area contributed by atoms with Gasteiger partial charge in [-0.2, -0.15) is 0 Å². The molecule has 0 unspecified atom stereocenters. The van der Waals surface area contributed by atoms with E-state index in [1.165, 1.54) is 0 Å². The topological polar surface area (TPSA) is 106 Å². The third kappa shape index (κ3) is 4.59. The van der Waals surface area contributed by atoms with Gasteiger partial charge in [-0.15, -0.1) is 0 Å². The number of nitrogens with one attached hydrogen (secondary N) is 2. The molecule has 0 aliphatic heterocycles. The molecule has 0 saturated carbocycles. The zero-order chi connectivity index (χ0) is 20.8. The number of pyridine rings is 1. The zero-order valence-corrected chi connectivity index (χ0v) is 16.1. The molecular formula is C23H20N6O. The highest BCUT2D eigenvalue weighted by atomic mass is 16.1. The van der Waals surface area contributed by atoms with Crippen LogP contribution >= 0.6 is 0 Å². The van der Waals surface area contributed by atoms with Crippen molar-refractivity contribution in [3.05, 3.63) is 96.6 Å². The Labute approximate surface area is 174 Å². The lowest BCUT2D eigenvalue weighted by atomic mass is 10.1. The van der Waals surface area contributed by atoms with Gasteiger partial charge in [0.25, 0.3) is 5.91 Å². The number of anilines is 3. The Bertz CT molecular complexity index is 1150. The Hall–Kier alpha value is -4.26. The number of nitrogen functional groups attached to an aromatic ring is 1. The first-order valence-electron chi connectivity index (χ1n) is 9.40. The number of carbonyl (C=O) groups excluding carboxylic acids is 1. The molecule has 0 saturated heterocycles. The zero-order valence-electron chi connectivity index (χ0n) is 16.1. The van der Waals surface area contributed by atoms with E-state index in [-0.39, 0.29) is 5.91 Å². The van der Waals surface area contributed by atoms with Crippen LogP contribution in [0, 0.1) is 0 Å². The van der Waals surface area contributed by atoms with Crippen molar-refractivity contribution in [1.29, 1.82) is 0 Å². The van der Waals surface area contributed by atoms with Crippen LogP contribution < -0.4 is 16.4 Å². The molecule has 30 heavy (non-hydrogen) atoms. The summed E-state index contributed by atoms with van der Waals surface area (Å²) in [4.78, 5) is 25.3. The second-order valence-corrected chi connectivity index (χ2v) is 6.62. The summed E-state index contributed by atoms with van der Waals surface area (Å²) in [5, 5.41) is 6.08. The largest absolute Gasteiger partial charge is 0.397 e. The summed E-state index contributed by atoms with van der Waals surface area (Å²) in [6, 6.07) is 18.3. The molecule has 4 N–H and O–H groups in total. The normalized spacial score (nSPS) is 10.4. The fourth-order valence-electron chi connectivity index (χ4n) is 2.88. The van der Waals surface area contributed by atoms with Gasteiger partial charge in [0.1, 0.15) is 5.82 Å². The van der Waals surface area contributed by atoms with Gasteiger partial charge in [0.2, 0.25) is 0 Å². The molecule has 0 bridgehead atoms. The summed E-state index contributed by atoms with van der Waals surface area (Å²) < 4.78 is 0. The molecule has 0 aliphatic rings. The standard InChI is InChI=1S/C23H20N6O/c24-19-5-1-2-6-20(19)29-23(30)17-9-7-16(8-10-17)12-27-22-15-26-14-21(28-22)18-4-3-11-25-13-18/h1-11,13-15H,12,24H2,(H,27,28)(H,29,30). The fraction of sp³-hybridized carbons (Fsp3) is 0.0435. The van der Waals surface area contributed by atoms with Crippen LogP contribution in [-0.4, -0.2) is 20.9 Å². The number of amides is 1. The second kappa shape index (κ2) is 8.83. The average Bonchev–Trinajstić information content (AvgIpc) is 2.80. The molecule has 148 valence electrons. The summed E-state index contributed by atoms with van der Waals surface area (Å²) in [6.07, 6.45) is 6.85. The number of nitrogens with two attached hydrogens (primary N) is 1. The van der Waals surface area contributed by atoms with Gasteiger partial charge in [-0.3, -0.25) is 14.8 Å². The van der Waals surface area contributed by atoms with Crippen LogP contribution in [0.3, 0.4) is 0 Å². The molecule has 2 aromatic heterocycles. The molecule has 0 aliphatic carbocycles. The van der Waals surface area contributed by atoms with Crippen molar-refractivity contribution in [3.63, 3.8) is 0 Å². The van der Waals surface area contributed by atoms with Gasteiger partial charge in [-0.1, -0.05) is 24.3 Å². The van der Waals surface area contributed by atoms with Crippen LogP contribution in [0.15, 0.2) is 85.5 Å². The summed E-state index contributed by atoms with van der Waals surface area (Å²) in [5.74, 6) is 0.458.